The zero-order valence-electron chi connectivity index (χ0n) is 18.5. The van der Waals surface area contributed by atoms with Crippen molar-refractivity contribution < 1.29 is 4.79 Å². The Bertz CT molecular complexity index is 1180. The molecule has 0 saturated carbocycles. The minimum atomic E-state index is -0.148. The highest BCUT2D eigenvalue weighted by Crippen LogP contribution is 2.46. The molecule has 31 heavy (non-hydrogen) atoms. The van der Waals surface area contributed by atoms with Crippen LogP contribution in [0.3, 0.4) is 0 Å². The summed E-state index contributed by atoms with van der Waals surface area (Å²) in [5.41, 5.74) is 6.54. The van der Waals surface area contributed by atoms with Gasteiger partial charge in [0.15, 0.2) is 0 Å². The molecule has 3 heteroatoms. The van der Waals surface area contributed by atoms with E-state index < -0.39 is 0 Å². The first-order valence-electron chi connectivity index (χ1n) is 10.9. The smallest absolute Gasteiger partial charge is 0.259 e. The number of likely N-dealkylation sites (N-methyl/N-ethyl adjacent to an activating group) is 1. The van der Waals surface area contributed by atoms with Crippen molar-refractivity contribution in [3.05, 3.63) is 101 Å². The summed E-state index contributed by atoms with van der Waals surface area (Å²) in [4.78, 5) is 18.0. The molecule has 5 rings (SSSR count). The number of anilines is 2. The number of para-hydroxylation sites is 1. The molecule has 1 amide bonds. The topological polar surface area (TPSA) is 23.6 Å². The molecule has 0 bridgehead atoms. The van der Waals surface area contributed by atoms with Gasteiger partial charge in [-0.2, -0.15) is 0 Å². The number of fused-ring (bicyclic) bond motifs is 2. The van der Waals surface area contributed by atoms with Crippen LogP contribution in [0.1, 0.15) is 53.9 Å². The lowest BCUT2D eigenvalue weighted by atomic mass is 9.80. The van der Waals surface area contributed by atoms with Crippen molar-refractivity contribution in [2.75, 3.05) is 16.8 Å². The average molecular weight is 409 g/mol. The molecule has 2 atom stereocenters. The average Bonchev–Trinajstić information content (AvgIpc) is 2.98. The van der Waals surface area contributed by atoms with Crippen LogP contribution in [0.25, 0.3) is 6.08 Å². The van der Waals surface area contributed by atoms with Gasteiger partial charge in [0.25, 0.3) is 5.91 Å². The number of hydrogen-bond donors (Lipinski definition) is 0. The maximum atomic E-state index is 13.7. The second-order valence-corrected chi connectivity index (χ2v) is 9.19. The van der Waals surface area contributed by atoms with Gasteiger partial charge < -0.3 is 4.90 Å². The quantitative estimate of drug-likeness (QED) is 0.503. The molecule has 0 unspecified atom stereocenters. The van der Waals surface area contributed by atoms with E-state index in [0.29, 0.717) is 11.6 Å². The Morgan fingerprint density at radius 3 is 2.39 bits per heavy atom. The second kappa shape index (κ2) is 7.12. The van der Waals surface area contributed by atoms with Gasteiger partial charge in [-0.3, -0.25) is 9.69 Å². The first-order valence-corrected chi connectivity index (χ1v) is 10.9. The molecule has 0 saturated heterocycles. The molecule has 2 heterocycles. The Morgan fingerprint density at radius 1 is 0.903 bits per heavy atom. The molecule has 0 spiro atoms. The monoisotopic (exact) mass is 408 g/mol. The van der Waals surface area contributed by atoms with E-state index >= 15 is 0 Å². The molecular weight excluding hydrogens is 380 g/mol. The summed E-state index contributed by atoms with van der Waals surface area (Å²) in [7, 11) is 2.17. The van der Waals surface area contributed by atoms with Gasteiger partial charge in [-0.25, -0.2) is 0 Å². The van der Waals surface area contributed by atoms with Gasteiger partial charge in [0.2, 0.25) is 0 Å². The second-order valence-electron chi connectivity index (χ2n) is 9.19. The van der Waals surface area contributed by atoms with E-state index in [9.17, 15) is 4.79 Å². The van der Waals surface area contributed by atoms with E-state index in [1.54, 1.807) is 0 Å². The van der Waals surface area contributed by atoms with Crippen LogP contribution in [0.4, 0.5) is 11.4 Å². The number of amides is 1. The molecule has 0 aromatic heterocycles. The molecular formula is C28H28N2O. The zero-order chi connectivity index (χ0) is 21.8. The Labute approximate surface area is 184 Å². The van der Waals surface area contributed by atoms with Crippen LogP contribution >= 0.6 is 0 Å². The Morgan fingerprint density at radius 2 is 1.61 bits per heavy atom. The fraction of sp³-hybridized carbons (Fsp3) is 0.250. The molecule has 0 radical (unpaired) electrons. The van der Waals surface area contributed by atoms with Gasteiger partial charge in [0, 0.05) is 29.8 Å². The van der Waals surface area contributed by atoms with Crippen LogP contribution in [-0.4, -0.2) is 19.0 Å². The molecule has 3 aromatic rings. The lowest BCUT2D eigenvalue weighted by molar-refractivity contribution is 0.0980. The number of nitrogens with zero attached hydrogens (tertiary/aromatic N) is 2. The normalized spacial score (nSPS) is 21.0. The third-order valence-corrected chi connectivity index (χ3v) is 7.23. The third-order valence-electron chi connectivity index (χ3n) is 7.23. The van der Waals surface area contributed by atoms with E-state index in [2.05, 4.69) is 69.1 Å². The number of carbonyl (C=O) groups excluding carboxylic acids is 1. The standard InChI is InChI=1S/C28H28N2O/c1-19-28(2,3)23-18-22(15-17-26(23)29(19)4)25-16-14-20-10-8-9-13-24(20)30(25)27(31)21-11-6-5-7-12-21/h5-19,25H,1-4H3/t19-,25+/m1/s1. The molecule has 156 valence electrons. The largest absolute Gasteiger partial charge is 0.371 e. The van der Waals surface area contributed by atoms with Gasteiger partial charge in [-0.15, -0.1) is 0 Å². The first-order chi connectivity index (χ1) is 14.9. The maximum absolute atomic E-state index is 13.7. The summed E-state index contributed by atoms with van der Waals surface area (Å²) in [6, 6.07) is 24.7. The zero-order valence-corrected chi connectivity index (χ0v) is 18.5. The van der Waals surface area contributed by atoms with E-state index in [-0.39, 0.29) is 17.4 Å². The maximum Gasteiger partial charge on any atom is 0.259 e. The summed E-state index contributed by atoms with van der Waals surface area (Å²) < 4.78 is 0. The highest BCUT2D eigenvalue weighted by Gasteiger charge is 2.41. The van der Waals surface area contributed by atoms with E-state index in [0.717, 1.165) is 16.8 Å². The van der Waals surface area contributed by atoms with Crippen molar-refractivity contribution in [2.24, 2.45) is 0 Å². The lowest BCUT2D eigenvalue weighted by Gasteiger charge is -2.35. The predicted molar refractivity (Wildman–Crippen MR) is 129 cm³/mol. The van der Waals surface area contributed by atoms with Gasteiger partial charge in [-0.1, -0.05) is 74.5 Å². The van der Waals surface area contributed by atoms with Crippen molar-refractivity contribution >= 4 is 23.4 Å². The van der Waals surface area contributed by atoms with Crippen LogP contribution in [0, 0.1) is 0 Å². The van der Waals surface area contributed by atoms with Crippen LogP contribution in [0.15, 0.2) is 78.9 Å². The van der Waals surface area contributed by atoms with Crippen molar-refractivity contribution in [3.8, 4) is 0 Å². The van der Waals surface area contributed by atoms with Gasteiger partial charge >= 0.3 is 0 Å². The number of benzene rings is 3. The van der Waals surface area contributed by atoms with E-state index in [1.807, 2.05) is 53.4 Å². The number of hydrogen-bond acceptors (Lipinski definition) is 2. The first kappa shape index (κ1) is 19.6. The molecule has 3 nitrogen and oxygen atoms in total. The van der Waals surface area contributed by atoms with E-state index in [4.69, 9.17) is 0 Å². The van der Waals surface area contributed by atoms with Crippen molar-refractivity contribution in [1.82, 2.24) is 0 Å². The van der Waals surface area contributed by atoms with Crippen LogP contribution in [-0.2, 0) is 5.41 Å². The number of carbonyl (C=O) groups is 1. The van der Waals surface area contributed by atoms with Gasteiger partial charge in [-0.05, 0) is 47.9 Å². The van der Waals surface area contributed by atoms with Crippen LogP contribution in [0.2, 0.25) is 0 Å². The summed E-state index contributed by atoms with van der Waals surface area (Å²) in [6.07, 6.45) is 4.29. The number of rotatable bonds is 2. The van der Waals surface area contributed by atoms with Gasteiger partial charge in [0.05, 0.1) is 11.7 Å². The van der Waals surface area contributed by atoms with Crippen molar-refractivity contribution in [1.29, 1.82) is 0 Å². The summed E-state index contributed by atoms with van der Waals surface area (Å²) in [6.45, 7) is 6.90. The predicted octanol–water partition coefficient (Wildman–Crippen LogP) is 6.22. The van der Waals surface area contributed by atoms with Crippen molar-refractivity contribution in [2.45, 2.75) is 38.3 Å². The lowest BCUT2D eigenvalue weighted by Crippen LogP contribution is -2.36. The fourth-order valence-electron chi connectivity index (χ4n) is 4.97. The molecule has 2 aliphatic heterocycles. The Balaban J connectivity index is 1.64. The minimum Gasteiger partial charge on any atom is -0.371 e. The third kappa shape index (κ3) is 2.99. The summed E-state index contributed by atoms with van der Waals surface area (Å²) in [5.74, 6) is 0.0210. The molecule has 0 N–H and O–H groups in total. The van der Waals surface area contributed by atoms with Crippen LogP contribution < -0.4 is 9.80 Å². The van der Waals surface area contributed by atoms with Crippen LogP contribution in [0.5, 0.6) is 0 Å². The highest BCUT2D eigenvalue weighted by molar-refractivity contribution is 6.08. The Kier molecular flexibility index (Phi) is 4.51. The molecule has 3 aromatic carbocycles. The molecule has 0 aliphatic carbocycles. The SMILES string of the molecule is C[C@H]1N(C)c2ccc([C@@H]3C=Cc4ccccc4N3C(=O)c3ccccc3)cc2C1(C)C. The summed E-state index contributed by atoms with van der Waals surface area (Å²) in [5, 5.41) is 0. The summed E-state index contributed by atoms with van der Waals surface area (Å²) >= 11 is 0. The van der Waals surface area contributed by atoms with Crippen molar-refractivity contribution in [3.63, 3.8) is 0 Å². The minimum absolute atomic E-state index is 0.0210. The van der Waals surface area contributed by atoms with Gasteiger partial charge in [0.1, 0.15) is 0 Å². The Hall–Kier alpha value is -3.33. The highest BCUT2D eigenvalue weighted by atomic mass is 16.2. The fourth-order valence-corrected chi connectivity index (χ4v) is 4.97. The molecule has 2 aliphatic rings. The van der Waals surface area contributed by atoms with E-state index in [1.165, 1.54) is 11.3 Å². The molecule has 0 fully saturated rings.